The third kappa shape index (κ3) is 3.06. The molecule has 1 rings (SSSR count). The normalized spacial score (nSPS) is 10.5. The van der Waals surface area contributed by atoms with E-state index in [0.29, 0.717) is 22.6 Å². The maximum atomic E-state index is 11.3. The molecule has 0 unspecified atom stereocenters. The molecule has 0 fully saturated rings. The first-order valence-electron chi connectivity index (χ1n) is 4.48. The van der Waals surface area contributed by atoms with Gasteiger partial charge in [-0.3, -0.25) is 4.79 Å². The fourth-order valence-corrected chi connectivity index (χ4v) is 1.27. The van der Waals surface area contributed by atoms with E-state index in [1.165, 1.54) is 0 Å². The number of ether oxygens (including phenoxy) is 1. The molecular formula is C9H13IN2O2. The van der Waals surface area contributed by atoms with Gasteiger partial charge in [0.1, 0.15) is 12.4 Å². The lowest BCUT2D eigenvalue weighted by Gasteiger charge is -2.03. The van der Waals surface area contributed by atoms with Crippen LogP contribution in [0.25, 0.3) is 0 Å². The molecule has 0 aliphatic heterocycles. The first-order chi connectivity index (χ1) is 6.65. The van der Waals surface area contributed by atoms with Gasteiger partial charge in [0.15, 0.2) is 0 Å². The highest BCUT2D eigenvalue weighted by Gasteiger charge is 2.04. The van der Waals surface area contributed by atoms with Crippen LogP contribution in [0.4, 0.5) is 0 Å². The second kappa shape index (κ2) is 5.45. The monoisotopic (exact) mass is 308 g/mol. The zero-order valence-corrected chi connectivity index (χ0v) is 10.4. The van der Waals surface area contributed by atoms with Gasteiger partial charge >= 0.3 is 0 Å². The number of halogens is 1. The van der Waals surface area contributed by atoms with Gasteiger partial charge < -0.3 is 9.72 Å². The van der Waals surface area contributed by atoms with Crippen molar-refractivity contribution in [3.05, 3.63) is 25.4 Å². The second-order valence-corrected chi connectivity index (χ2v) is 4.04. The summed E-state index contributed by atoms with van der Waals surface area (Å²) in [4.78, 5) is 18.2. The first-order valence-corrected chi connectivity index (χ1v) is 5.56. The molecule has 0 aliphatic carbocycles. The highest BCUT2D eigenvalue weighted by molar-refractivity contribution is 14.1. The van der Waals surface area contributed by atoms with Crippen LogP contribution in [0.2, 0.25) is 0 Å². The van der Waals surface area contributed by atoms with Gasteiger partial charge in [-0.1, -0.05) is 6.92 Å². The van der Waals surface area contributed by atoms with E-state index in [9.17, 15) is 4.79 Å². The van der Waals surface area contributed by atoms with Crippen LogP contribution >= 0.6 is 22.6 Å². The molecule has 0 radical (unpaired) electrons. The minimum atomic E-state index is -0.0896. The second-order valence-electron chi connectivity index (χ2n) is 2.96. The van der Waals surface area contributed by atoms with Gasteiger partial charge in [0.25, 0.3) is 5.56 Å². The number of hydrogen-bond acceptors (Lipinski definition) is 3. The van der Waals surface area contributed by atoms with Crippen LogP contribution < -0.4 is 5.56 Å². The van der Waals surface area contributed by atoms with E-state index in [4.69, 9.17) is 4.74 Å². The van der Waals surface area contributed by atoms with Crippen molar-refractivity contribution in [3.8, 4) is 0 Å². The Morgan fingerprint density at radius 3 is 2.86 bits per heavy atom. The topological polar surface area (TPSA) is 55.0 Å². The zero-order valence-electron chi connectivity index (χ0n) is 8.26. The Balaban J connectivity index is 2.75. The molecule has 14 heavy (non-hydrogen) atoms. The summed E-state index contributed by atoms with van der Waals surface area (Å²) in [5.41, 5.74) is 0.664. The van der Waals surface area contributed by atoms with Crippen LogP contribution in [0.1, 0.15) is 24.9 Å². The predicted octanol–water partition coefficient (Wildman–Crippen LogP) is 1.61. The minimum absolute atomic E-state index is 0.0896. The molecule has 0 saturated heterocycles. The summed E-state index contributed by atoms with van der Waals surface area (Å²) >= 11 is 1.98. The lowest BCUT2D eigenvalue weighted by molar-refractivity contribution is 0.115. The molecule has 0 atom stereocenters. The molecule has 0 saturated carbocycles. The van der Waals surface area contributed by atoms with Crippen LogP contribution in [0.15, 0.2) is 4.79 Å². The quantitative estimate of drug-likeness (QED) is 0.679. The lowest BCUT2D eigenvalue weighted by atomic mass is 10.4. The van der Waals surface area contributed by atoms with Gasteiger partial charge in [-0.2, -0.15) is 0 Å². The van der Waals surface area contributed by atoms with Crippen molar-refractivity contribution in [2.24, 2.45) is 0 Å². The van der Waals surface area contributed by atoms with E-state index in [1.807, 2.05) is 36.4 Å². The maximum absolute atomic E-state index is 11.3. The Morgan fingerprint density at radius 1 is 1.57 bits per heavy atom. The summed E-state index contributed by atoms with van der Waals surface area (Å²) in [6.45, 7) is 4.92. The van der Waals surface area contributed by atoms with Crippen molar-refractivity contribution >= 4 is 22.6 Å². The molecule has 0 spiro atoms. The maximum Gasteiger partial charge on any atom is 0.264 e. The largest absolute Gasteiger partial charge is 0.374 e. The summed E-state index contributed by atoms with van der Waals surface area (Å²) in [6.07, 6.45) is 0.966. The number of aryl methyl sites for hydroxylation is 1. The SMILES string of the molecule is CCCOCc1nc(C)c(I)c(=O)[nH]1. The van der Waals surface area contributed by atoms with Crippen molar-refractivity contribution in [3.63, 3.8) is 0 Å². The van der Waals surface area contributed by atoms with Gasteiger partial charge in [0.2, 0.25) is 0 Å². The Labute approximate surface area is 96.2 Å². The van der Waals surface area contributed by atoms with Crippen molar-refractivity contribution in [1.82, 2.24) is 9.97 Å². The van der Waals surface area contributed by atoms with Gasteiger partial charge in [0, 0.05) is 6.61 Å². The molecule has 1 heterocycles. The molecule has 78 valence electrons. The van der Waals surface area contributed by atoms with E-state index in [1.54, 1.807) is 0 Å². The average molecular weight is 308 g/mol. The van der Waals surface area contributed by atoms with Crippen molar-refractivity contribution in [2.75, 3.05) is 6.61 Å². The molecule has 0 amide bonds. The number of nitrogens with zero attached hydrogens (tertiary/aromatic N) is 1. The summed E-state index contributed by atoms with van der Waals surface area (Å²) in [5.74, 6) is 0.598. The van der Waals surface area contributed by atoms with Crippen LogP contribution in [-0.4, -0.2) is 16.6 Å². The molecule has 0 bridgehead atoms. The molecule has 5 heteroatoms. The number of rotatable bonds is 4. The van der Waals surface area contributed by atoms with Gasteiger partial charge in [-0.15, -0.1) is 0 Å². The van der Waals surface area contributed by atoms with Crippen LogP contribution in [0.5, 0.6) is 0 Å². The summed E-state index contributed by atoms with van der Waals surface area (Å²) in [6, 6.07) is 0. The molecule has 4 nitrogen and oxygen atoms in total. The van der Waals surface area contributed by atoms with Crippen molar-refractivity contribution in [2.45, 2.75) is 26.9 Å². The van der Waals surface area contributed by atoms with Gasteiger partial charge in [0.05, 0.1) is 9.26 Å². The van der Waals surface area contributed by atoms with Crippen LogP contribution in [0, 0.1) is 10.5 Å². The smallest absolute Gasteiger partial charge is 0.264 e. The fraction of sp³-hybridized carbons (Fsp3) is 0.556. The van der Waals surface area contributed by atoms with E-state index in [2.05, 4.69) is 9.97 Å². The van der Waals surface area contributed by atoms with E-state index >= 15 is 0 Å². The molecule has 1 N–H and O–H groups in total. The highest BCUT2D eigenvalue weighted by Crippen LogP contribution is 2.02. The van der Waals surface area contributed by atoms with E-state index in [0.717, 1.165) is 12.1 Å². The first kappa shape index (κ1) is 11.6. The summed E-state index contributed by atoms with van der Waals surface area (Å²) < 4.78 is 5.92. The van der Waals surface area contributed by atoms with Gasteiger partial charge in [-0.25, -0.2) is 4.98 Å². The number of H-pyrrole nitrogens is 1. The standard InChI is InChI=1S/C9H13IN2O2/c1-3-4-14-5-7-11-6(2)8(10)9(13)12-7/h3-5H2,1-2H3,(H,11,12,13). The Hall–Kier alpha value is -0.430. The minimum Gasteiger partial charge on any atom is -0.374 e. The van der Waals surface area contributed by atoms with Crippen LogP contribution in [0.3, 0.4) is 0 Å². The molecule has 1 aromatic heterocycles. The number of nitrogens with one attached hydrogen (secondary N) is 1. The molecule has 0 aliphatic rings. The zero-order chi connectivity index (χ0) is 10.6. The highest BCUT2D eigenvalue weighted by atomic mass is 127. The third-order valence-electron chi connectivity index (χ3n) is 1.66. The van der Waals surface area contributed by atoms with Crippen molar-refractivity contribution in [1.29, 1.82) is 0 Å². The van der Waals surface area contributed by atoms with Gasteiger partial charge in [-0.05, 0) is 35.9 Å². The Kier molecular flexibility index (Phi) is 4.53. The molecular weight excluding hydrogens is 295 g/mol. The number of aromatic nitrogens is 2. The molecule has 0 aromatic carbocycles. The van der Waals surface area contributed by atoms with E-state index < -0.39 is 0 Å². The number of hydrogen-bond donors (Lipinski definition) is 1. The Morgan fingerprint density at radius 2 is 2.29 bits per heavy atom. The van der Waals surface area contributed by atoms with Crippen molar-refractivity contribution < 1.29 is 4.74 Å². The van der Waals surface area contributed by atoms with E-state index in [-0.39, 0.29) is 5.56 Å². The molecule has 1 aromatic rings. The summed E-state index contributed by atoms with van der Waals surface area (Å²) in [5, 5.41) is 0. The lowest BCUT2D eigenvalue weighted by Crippen LogP contribution is -2.17. The predicted molar refractivity (Wildman–Crippen MR) is 62.3 cm³/mol. The Bertz CT molecular complexity index is 362. The van der Waals surface area contributed by atoms with Crippen LogP contribution in [-0.2, 0) is 11.3 Å². The average Bonchev–Trinajstić information content (AvgIpc) is 2.14. The number of aromatic amines is 1. The fourth-order valence-electron chi connectivity index (χ4n) is 1.01. The summed E-state index contributed by atoms with van der Waals surface area (Å²) in [7, 11) is 0. The third-order valence-corrected chi connectivity index (χ3v) is 2.94.